The average molecular weight is 1190 g/mol. The first kappa shape index (κ1) is 55.9. The van der Waals surface area contributed by atoms with Crippen LogP contribution in [0.4, 0.5) is 34.1 Å². The van der Waals surface area contributed by atoms with Crippen LogP contribution >= 0.6 is 23.2 Å². The van der Waals surface area contributed by atoms with Gasteiger partial charge in [-0.2, -0.15) is 13.5 Å². The molecule has 0 heterocycles. The standard InChI is InChI=1S/2C25H20ClN3O6S.Ba/c2*1-14-20(26)11-12-21(24(14)36(32,33)34)28-29-22-18-6-4-3-5-15(18)13-19(23(22)30)25(31)27-16-7-9-17(35-2)10-8-16;/h2*3-13,30H,1-2H3,(H,27,31)(H,32,33,34);/q;;+2/p-2. The van der Waals surface area contributed by atoms with Gasteiger partial charge in [0.25, 0.3) is 21.9 Å². The van der Waals surface area contributed by atoms with Crippen molar-refractivity contribution in [3.8, 4) is 23.0 Å². The maximum absolute atomic E-state index is 13.3. The summed E-state index contributed by atoms with van der Waals surface area (Å²) in [6.07, 6.45) is 0. The summed E-state index contributed by atoms with van der Waals surface area (Å²) in [5.41, 5.74) is 0.0732. The number of nitrogens with zero attached hydrogens (tertiary/aromatic N) is 4. The third-order valence-electron chi connectivity index (χ3n) is 10.8. The summed E-state index contributed by atoms with van der Waals surface area (Å²) in [6.45, 7) is 2.78. The molecule has 0 spiro atoms. The molecule has 0 aliphatic heterocycles. The number of nitrogens with one attached hydrogen (secondary N) is 2. The van der Waals surface area contributed by atoms with Gasteiger partial charge >= 0.3 is 48.9 Å². The van der Waals surface area contributed by atoms with Gasteiger partial charge in [-0.25, -0.2) is 8.42 Å². The number of methoxy groups -OCH3 is 2. The van der Waals surface area contributed by atoms with E-state index in [1.165, 1.54) is 64.5 Å². The van der Waals surface area contributed by atoms with Crippen LogP contribution in [-0.2, 0) is 20.2 Å². The monoisotopic (exact) mass is 1190 g/mol. The predicted octanol–water partition coefficient (Wildman–Crippen LogP) is 11.5. The Balaban J connectivity index is 0.000000235. The number of phenolic OH excluding ortho intramolecular Hbond substituents is 1. The molecule has 73 heavy (non-hydrogen) atoms. The third kappa shape index (κ3) is 12.9. The van der Waals surface area contributed by atoms with E-state index in [0.29, 0.717) is 44.4 Å². The van der Waals surface area contributed by atoms with Gasteiger partial charge in [-0.05, 0) is 121 Å². The molecular weight excluding hydrogens is 1150 g/mol. The van der Waals surface area contributed by atoms with E-state index in [1.807, 2.05) is 0 Å². The quantitative estimate of drug-likeness (QED) is 0.0505. The van der Waals surface area contributed by atoms with E-state index in [9.17, 15) is 45.7 Å². The fourth-order valence-electron chi connectivity index (χ4n) is 7.23. The minimum atomic E-state index is -4.94. The molecule has 0 saturated carbocycles. The van der Waals surface area contributed by atoms with Crippen LogP contribution in [0.15, 0.2) is 164 Å². The third-order valence-corrected chi connectivity index (χ3v) is 13.7. The molecule has 0 unspecified atom stereocenters. The number of azo groups is 2. The van der Waals surface area contributed by atoms with Crippen molar-refractivity contribution in [2.24, 2.45) is 20.5 Å². The van der Waals surface area contributed by atoms with Crippen LogP contribution in [0.25, 0.3) is 21.5 Å². The number of hydrogen-bond acceptors (Lipinski definition) is 15. The van der Waals surface area contributed by atoms with Crippen LogP contribution < -0.4 is 25.2 Å². The first-order valence-electron chi connectivity index (χ1n) is 20.9. The van der Waals surface area contributed by atoms with Crippen molar-refractivity contribution < 1.29 is 55.2 Å². The fourth-order valence-corrected chi connectivity index (χ4v) is 9.37. The Hall–Kier alpha value is -6.41. The zero-order valence-electron chi connectivity index (χ0n) is 38.7. The molecule has 18 nitrogen and oxygen atoms in total. The molecule has 0 aromatic heterocycles. The summed E-state index contributed by atoms with van der Waals surface area (Å²) < 4.78 is 79.3. The fraction of sp³-hybridized carbons (Fsp3) is 0.0800. The van der Waals surface area contributed by atoms with E-state index >= 15 is 0 Å². The summed E-state index contributed by atoms with van der Waals surface area (Å²) in [7, 11) is -6.58. The first-order chi connectivity index (χ1) is 34.2. The number of hydrogen-bond donors (Lipinski definition) is 4. The second-order valence-electron chi connectivity index (χ2n) is 15.4. The van der Waals surface area contributed by atoms with Gasteiger partial charge in [0.05, 0.1) is 30.4 Å². The molecule has 2 amide bonds. The van der Waals surface area contributed by atoms with Crippen molar-refractivity contribution >= 4 is 160 Å². The van der Waals surface area contributed by atoms with Gasteiger partial charge in [0.15, 0.2) is 5.75 Å². The number of carbonyl (C=O) groups excluding carboxylic acids is 2. The van der Waals surface area contributed by atoms with Crippen LogP contribution in [0.2, 0.25) is 10.0 Å². The van der Waals surface area contributed by atoms with Gasteiger partial charge in [0.2, 0.25) is 0 Å². The second kappa shape index (κ2) is 23.6. The minimum Gasteiger partial charge on any atom is -0.870 e. The van der Waals surface area contributed by atoms with E-state index in [1.54, 1.807) is 97.1 Å². The van der Waals surface area contributed by atoms with Crippen LogP contribution in [0.5, 0.6) is 23.0 Å². The number of ether oxygens (including phenoxy) is 2. The van der Waals surface area contributed by atoms with Crippen molar-refractivity contribution in [3.05, 3.63) is 166 Å². The van der Waals surface area contributed by atoms with Crippen LogP contribution in [0.1, 0.15) is 31.8 Å². The Morgan fingerprint density at radius 1 is 0.589 bits per heavy atom. The Morgan fingerprint density at radius 2 is 1.00 bits per heavy atom. The topological polar surface area (TPSA) is 281 Å². The van der Waals surface area contributed by atoms with Gasteiger partial charge in [-0.1, -0.05) is 77.5 Å². The molecule has 0 aliphatic carbocycles. The molecule has 8 rings (SSSR count). The molecule has 0 fully saturated rings. The van der Waals surface area contributed by atoms with E-state index in [0.717, 1.165) is 0 Å². The predicted molar refractivity (Wildman–Crippen MR) is 275 cm³/mol. The van der Waals surface area contributed by atoms with Gasteiger partial charge in [-0.3, -0.25) is 14.1 Å². The van der Waals surface area contributed by atoms with Crippen molar-refractivity contribution in [2.45, 2.75) is 23.6 Å². The van der Waals surface area contributed by atoms with Gasteiger partial charge in [0, 0.05) is 37.8 Å². The number of aromatic hydroxyl groups is 1. The summed E-state index contributed by atoms with van der Waals surface area (Å²) in [6, 6.07) is 35.0. The molecule has 4 N–H and O–H groups in total. The van der Waals surface area contributed by atoms with E-state index in [2.05, 4.69) is 31.1 Å². The van der Waals surface area contributed by atoms with Crippen molar-refractivity contribution in [2.75, 3.05) is 24.9 Å². The molecule has 0 saturated heterocycles. The van der Waals surface area contributed by atoms with Crippen molar-refractivity contribution in [3.63, 3.8) is 0 Å². The SMILES string of the molecule is COc1ccc(NC(=O)c2cc3ccccc3c(N=Nc3ccc(Cl)c(C)c3S(=O)(=O)O)c2O)cc1.COc1ccc(NC(=O)c2cc3ccccc3c(N=Nc3ccc(Cl)c(C)c3S(=O)(=O)[O-])c2[O-])cc1.[Ba+2]. The van der Waals surface area contributed by atoms with Crippen molar-refractivity contribution in [1.29, 1.82) is 0 Å². The van der Waals surface area contributed by atoms with E-state index in [4.69, 9.17) is 32.7 Å². The molecule has 0 aliphatic rings. The number of halogens is 2. The van der Waals surface area contributed by atoms with Crippen molar-refractivity contribution in [1.82, 2.24) is 0 Å². The second-order valence-corrected chi connectivity index (χ2v) is 18.9. The largest absolute Gasteiger partial charge is 2.00 e. The Labute approximate surface area is 468 Å². The number of fused-ring (bicyclic) bond motifs is 2. The molecular formula is C50H38BaCl2N6O12S2. The number of anilines is 2. The summed E-state index contributed by atoms with van der Waals surface area (Å²) >= 11 is 12.0. The normalized spacial score (nSPS) is 11.5. The minimum absolute atomic E-state index is 0. The Kier molecular flexibility index (Phi) is 18.1. The van der Waals surface area contributed by atoms with E-state index < -0.39 is 53.3 Å². The maximum Gasteiger partial charge on any atom is 2.00 e. The zero-order valence-corrected chi connectivity index (χ0v) is 46.3. The van der Waals surface area contributed by atoms with Gasteiger partial charge in [0.1, 0.15) is 43.6 Å². The molecule has 23 heteroatoms. The molecule has 8 aromatic rings. The number of carbonyl (C=O) groups is 2. The molecule has 0 atom stereocenters. The summed E-state index contributed by atoms with van der Waals surface area (Å²) in [5.74, 6) is -1.23. The number of benzene rings is 8. The summed E-state index contributed by atoms with van der Waals surface area (Å²) in [4.78, 5) is 24.9. The Bertz CT molecular complexity index is 3490. The smallest absolute Gasteiger partial charge is 0.870 e. The van der Waals surface area contributed by atoms with Crippen LogP contribution in [0, 0.1) is 13.8 Å². The zero-order chi connectivity index (χ0) is 52.1. The Morgan fingerprint density at radius 3 is 1.47 bits per heavy atom. The molecule has 0 bridgehead atoms. The first-order valence-corrected chi connectivity index (χ1v) is 24.5. The van der Waals surface area contributed by atoms with Gasteiger partial charge < -0.3 is 34.9 Å². The average Bonchev–Trinajstić information content (AvgIpc) is 3.35. The summed E-state index contributed by atoms with van der Waals surface area (Å²) in [5, 5.41) is 47.8. The van der Waals surface area contributed by atoms with Gasteiger partial charge in [-0.15, -0.1) is 15.3 Å². The number of rotatable bonds is 12. The number of amides is 2. The van der Waals surface area contributed by atoms with Crippen LogP contribution in [-0.4, -0.2) is 106 Å². The number of phenols is 1. The molecule has 368 valence electrons. The molecule has 0 radical (unpaired) electrons. The molecule has 8 aromatic carbocycles. The maximum atomic E-state index is 13.3. The van der Waals surface area contributed by atoms with Crippen LogP contribution in [0.3, 0.4) is 0 Å². The van der Waals surface area contributed by atoms with E-state index in [-0.39, 0.29) is 104 Å².